The Morgan fingerprint density at radius 1 is 1.12 bits per heavy atom. The Balaban J connectivity index is 2.13. The van der Waals surface area contributed by atoms with E-state index in [1.54, 1.807) is 13.0 Å². The van der Waals surface area contributed by atoms with Crippen LogP contribution in [0.5, 0.6) is 0 Å². The van der Waals surface area contributed by atoms with Crippen LogP contribution in [0.4, 0.5) is 10.5 Å². The molecule has 1 aromatic heterocycles. The molecular formula is C18H22N4O3. The van der Waals surface area contributed by atoms with Gasteiger partial charge in [-0.25, -0.2) is 4.79 Å². The van der Waals surface area contributed by atoms with Crippen LogP contribution in [0.15, 0.2) is 47.3 Å². The van der Waals surface area contributed by atoms with Gasteiger partial charge in [0.25, 0.3) is 5.56 Å². The Hall–Kier alpha value is -3.09. The molecular weight excluding hydrogens is 320 g/mol. The van der Waals surface area contributed by atoms with Crippen molar-refractivity contribution in [3.63, 3.8) is 0 Å². The maximum Gasteiger partial charge on any atom is 0.319 e. The summed E-state index contributed by atoms with van der Waals surface area (Å²) >= 11 is 0. The summed E-state index contributed by atoms with van der Waals surface area (Å²) in [6.45, 7) is 3.50. The van der Waals surface area contributed by atoms with Crippen molar-refractivity contribution in [2.45, 2.75) is 26.4 Å². The third-order valence-electron chi connectivity index (χ3n) is 3.85. The summed E-state index contributed by atoms with van der Waals surface area (Å²) in [5.41, 5.74) is 1.31. The van der Waals surface area contributed by atoms with Gasteiger partial charge in [0.2, 0.25) is 5.91 Å². The molecule has 0 aliphatic heterocycles. The predicted octanol–water partition coefficient (Wildman–Crippen LogP) is 1.79. The second-order valence-electron chi connectivity index (χ2n) is 5.68. The van der Waals surface area contributed by atoms with E-state index in [0.29, 0.717) is 5.69 Å². The third kappa shape index (κ3) is 4.69. The van der Waals surface area contributed by atoms with Crippen molar-refractivity contribution in [1.82, 2.24) is 15.2 Å². The quantitative estimate of drug-likeness (QED) is 0.773. The lowest BCUT2D eigenvalue weighted by atomic mass is 10.1. The predicted molar refractivity (Wildman–Crippen MR) is 96.5 cm³/mol. The van der Waals surface area contributed by atoms with Gasteiger partial charge in [-0.2, -0.15) is 0 Å². The molecule has 7 nitrogen and oxygen atoms in total. The first-order valence-corrected chi connectivity index (χ1v) is 7.96. The summed E-state index contributed by atoms with van der Waals surface area (Å²) < 4.78 is 1.33. The van der Waals surface area contributed by atoms with E-state index < -0.39 is 11.6 Å². The van der Waals surface area contributed by atoms with Gasteiger partial charge < -0.3 is 20.5 Å². The topological polar surface area (TPSA) is 92.2 Å². The molecule has 25 heavy (non-hydrogen) atoms. The number of hydrogen-bond acceptors (Lipinski definition) is 3. The van der Waals surface area contributed by atoms with E-state index in [2.05, 4.69) is 16.0 Å². The van der Waals surface area contributed by atoms with Gasteiger partial charge in [-0.3, -0.25) is 9.59 Å². The van der Waals surface area contributed by atoms with Crippen LogP contribution in [0.2, 0.25) is 0 Å². The van der Waals surface area contributed by atoms with Crippen molar-refractivity contribution in [2.75, 3.05) is 12.4 Å². The molecule has 0 fully saturated rings. The first-order chi connectivity index (χ1) is 11.9. The van der Waals surface area contributed by atoms with E-state index in [1.807, 2.05) is 37.3 Å². The molecule has 7 heteroatoms. The van der Waals surface area contributed by atoms with Gasteiger partial charge in [-0.1, -0.05) is 30.3 Å². The third-order valence-corrected chi connectivity index (χ3v) is 3.85. The fraction of sp³-hybridized carbons (Fsp3) is 0.278. The van der Waals surface area contributed by atoms with Crippen LogP contribution in [0.25, 0.3) is 0 Å². The summed E-state index contributed by atoms with van der Waals surface area (Å²) in [6.07, 6.45) is 0. The Kier molecular flexibility index (Phi) is 5.94. The number of nitrogens with zero attached hydrogens (tertiary/aromatic N) is 1. The van der Waals surface area contributed by atoms with E-state index in [9.17, 15) is 14.4 Å². The van der Waals surface area contributed by atoms with Crippen LogP contribution in [0.1, 0.15) is 24.2 Å². The lowest BCUT2D eigenvalue weighted by Gasteiger charge is -2.16. The fourth-order valence-corrected chi connectivity index (χ4v) is 2.40. The second-order valence-corrected chi connectivity index (χ2v) is 5.68. The molecule has 0 radical (unpaired) electrons. The van der Waals surface area contributed by atoms with Gasteiger partial charge in [0, 0.05) is 12.7 Å². The molecule has 0 bridgehead atoms. The van der Waals surface area contributed by atoms with Crippen molar-refractivity contribution in [1.29, 1.82) is 0 Å². The summed E-state index contributed by atoms with van der Waals surface area (Å²) in [5.74, 6) is -0.279. The second kappa shape index (κ2) is 8.14. The van der Waals surface area contributed by atoms with Gasteiger partial charge in [0.1, 0.15) is 12.2 Å². The lowest BCUT2D eigenvalue weighted by molar-refractivity contribution is -0.122. The fourth-order valence-electron chi connectivity index (χ4n) is 2.40. The molecule has 0 spiro atoms. The molecule has 0 unspecified atom stereocenters. The minimum atomic E-state index is -0.491. The molecule has 0 saturated carbocycles. The number of carbonyl (C=O) groups excluding carboxylic acids is 2. The number of urea groups is 1. The molecule has 0 saturated heterocycles. The number of nitrogens with one attached hydrogen (secondary N) is 3. The first-order valence-electron chi connectivity index (χ1n) is 7.96. The Morgan fingerprint density at radius 3 is 2.44 bits per heavy atom. The van der Waals surface area contributed by atoms with Crippen LogP contribution >= 0.6 is 0 Å². The summed E-state index contributed by atoms with van der Waals surface area (Å²) in [6, 6.07) is 12.1. The normalized spacial score (nSPS) is 11.5. The number of rotatable bonds is 5. The number of pyridine rings is 1. The van der Waals surface area contributed by atoms with Crippen molar-refractivity contribution in [2.24, 2.45) is 0 Å². The molecule has 132 valence electrons. The monoisotopic (exact) mass is 342 g/mol. The molecule has 0 aliphatic carbocycles. The number of benzene rings is 1. The average Bonchev–Trinajstić information content (AvgIpc) is 2.61. The maximum absolute atomic E-state index is 12.5. The SMILES string of the molecule is CNC(=O)Nc1ccc(C)n(CC(=O)N[C@@H](C)c2ccccc2)c1=O. The highest BCUT2D eigenvalue weighted by Gasteiger charge is 2.14. The van der Waals surface area contributed by atoms with Crippen LogP contribution < -0.4 is 21.5 Å². The number of hydrogen-bond donors (Lipinski definition) is 3. The van der Waals surface area contributed by atoms with Crippen LogP contribution in [-0.2, 0) is 11.3 Å². The zero-order chi connectivity index (χ0) is 18.4. The molecule has 1 aromatic carbocycles. The summed E-state index contributed by atoms with van der Waals surface area (Å²) in [5, 5.41) is 7.71. The zero-order valence-electron chi connectivity index (χ0n) is 14.5. The van der Waals surface area contributed by atoms with Crippen LogP contribution in [0.3, 0.4) is 0 Å². The van der Waals surface area contributed by atoms with E-state index in [1.165, 1.54) is 17.7 Å². The maximum atomic E-state index is 12.5. The van der Waals surface area contributed by atoms with Crippen molar-refractivity contribution >= 4 is 17.6 Å². The smallest absolute Gasteiger partial charge is 0.319 e. The minimum absolute atomic E-state index is 0.119. The standard InChI is InChI=1S/C18H22N4O3/c1-12-9-10-15(21-18(25)19-3)17(24)22(12)11-16(23)20-13(2)14-7-5-4-6-8-14/h4-10,13H,11H2,1-3H3,(H,20,23)(H2,19,21,25)/t13-/m0/s1. The minimum Gasteiger partial charge on any atom is -0.348 e. The highest BCUT2D eigenvalue weighted by atomic mass is 16.2. The van der Waals surface area contributed by atoms with Gasteiger partial charge >= 0.3 is 6.03 Å². The largest absolute Gasteiger partial charge is 0.348 e. The first kappa shape index (κ1) is 18.3. The number of amides is 3. The Labute approximate surface area is 146 Å². The summed E-state index contributed by atoms with van der Waals surface area (Å²) in [7, 11) is 1.46. The Morgan fingerprint density at radius 2 is 1.80 bits per heavy atom. The van der Waals surface area contributed by atoms with Gasteiger partial charge in [-0.15, -0.1) is 0 Å². The lowest BCUT2D eigenvalue weighted by Crippen LogP contribution is -2.36. The molecule has 2 rings (SSSR count). The van der Waals surface area contributed by atoms with E-state index >= 15 is 0 Å². The zero-order valence-corrected chi connectivity index (χ0v) is 14.5. The molecule has 2 aromatic rings. The average molecular weight is 342 g/mol. The highest BCUT2D eigenvalue weighted by Crippen LogP contribution is 2.11. The van der Waals surface area contributed by atoms with E-state index in [0.717, 1.165) is 5.56 Å². The van der Waals surface area contributed by atoms with Crippen molar-refractivity contribution < 1.29 is 9.59 Å². The Bertz CT molecular complexity index is 815. The molecule has 0 aliphatic rings. The number of carbonyl (C=O) groups is 2. The van der Waals surface area contributed by atoms with E-state index in [-0.39, 0.29) is 24.2 Å². The van der Waals surface area contributed by atoms with E-state index in [4.69, 9.17) is 0 Å². The number of aromatic nitrogens is 1. The van der Waals surface area contributed by atoms with Crippen LogP contribution in [-0.4, -0.2) is 23.6 Å². The van der Waals surface area contributed by atoms with Gasteiger partial charge in [0.05, 0.1) is 6.04 Å². The highest BCUT2D eigenvalue weighted by molar-refractivity contribution is 5.88. The van der Waals surface area contributed by atoms with Crippen LogP contribution in [0, 0.1) is 6.92 Å². The van der Waals surface area contributed by atoms with Crippen molar-refractivity contribution in [3.8, 4) is 0 Å². The van der Waals surface area contributed by atoms with Gasteiger partial charge in [0.15, 0.2) is 0 Å². The van der Waals surface area contributed by atoms with Crippen molar-refractivity contribution in [3.05, 3.63) is 64.1 Å². The summed E-state index contributed by atoms with van der Waals surface area (Å²) in [4.78, 5) is 36.2. The molecule has 3 N–H and O–H groups in total. The van der Waals surface area contributed by atoms with Gasteiger partial charge in [-0.05, 0) is 31.5 Å². The molecule has 3 amide bonds. The number of aryl methyl sites for hydroxylation is 1. The molecule has 1 atom stereocenters. The molecule has 1 heterocycles. The number of anilines is 1.